The lowest BCUT2D eigenvalue weighted by Crippen LogP contribution is -2.00. The fourth-order valence-corrected chi connectivity index (χ4v) is 8.30. The molecule has 8 aromatic carbocycles. The Bertz CT molecular complexity index is 3740. The fraction of sp³-hybridized carbons (Fsp3) is 0. The maximum absolute atomic E-state index is 9.15. The monoisotopic (exact) mass is 716 g/mol. The van der Waals surface area contributed by atoms with Gasteiger partial charge in [-0.3, -0.25) is 0 Å². The van der Waals surface area contributed by atoms with E-state index in [2.05, 4.69) is 42.5 Å². The zero-order valence-corrected chi connectivity index (χ0v) is 29.0. The molecule has 0 unspecified atom stereocenters. The fourth-order valence-electron chi connectivity index (χ4n) is 7.13. The van der Waals surface area contributed by atoms with Crippen molar-refractivity contribution in [2.24, 2.45) is 0 Å². The molecule has 0 aliphatic carbocycles. The number of thiophene rings is 1. The van der Waals surface area contributed by atoms with Crippen molar-refractivity contribution in [3.63, 3.8) is 0 Å². The highest BCUT2D eigenvalue weighted by Gasteiger charge is 2.18. The van der Waals surface area contributed by atoms with E-state index in [-0.39, 0.29) is 44.3 Å². The number of hydrogen-bond donors (Lipinski definition) is 0. The molecule has 0 radical (unpaired) electrons. The second kappa shape index (κ2) is 12.3. The minimum atomic E-state index is -0.550. The van der Waals surface area contributed by atoms with Gasteiger partial charge < -0.3 is 4.42 Å². The van der Waals surface area contributed by atoms with Crippen molar-refractivity contribution >= 4 is 64.2 Å². The van der Waals surface area contributed by atoms with E-state index in [4.69, 9.17) is 31.7 Å². The Labute approximate surface area is 327 Å². The highest BCUT2D eigenvalue weighted by atomic mass is 32.1. The van der Waals surface area contributed by atoms with Gasteiger partial charge >= 0.3 is 0 Å². The Morgan fingerprint density at radius 3 is 1.93 bits per heavy atom. The number of nitrogens with zero attached hydrogens (tertiary/aromatic N) is 3. The van der Waals surface area contributed by atoms with E-state index in [1.165, 1.54) is 10.1 Å². The quantitative estimate of drug-likeness (QED) is 0.178. The van der Waals surface area contributed by atoms with Gasteiger partial charge in [-0.25, -0.2) is 15.0 Å². The van der Waals surface area contributed by atoms with E-state index in [1.54, 1.807) is 29.5 Å². The Morgan fingerprint density at radius 2 is 1.09 bits per heavy atom. The number of furan rings is 1. The van der Waals surface area contributed by atoms with Crippen LogP contribution in [-0.2, 0) is 0 Å². The number of aromatic nitrogens is 3. The molecule has 0 atom stereocenters. The standard InChI is InChI=1S/C49H29N3OS/c1-3-12-30(13-4-1)36-20-11-23-42-44(36)41-27-25-35(29-43(41)54-42)49-51-47(32-15-5-2-6-16-32)50-48(52-49)34-18-9-17-33(28-34)38-21-10-22-39-40-26-24-31-14-7-8-19-37(31)45(40)53-46(38)39/h1-29H/i7D,8D,10D,14D,19D,21D,22D,24D,26D. The predicted octanol–water partition coefficient (Wildman–Crippen LogP) is 13.6. The first-order valence-corrected chi connectivity index (χ1v) is 18.1. The summed E-state index contributed by atoms with van der Waals surface area (Å²) in [7, 11) is 0. The van der Waals surface area contributed by atoms with Gasteiger partial charge in [-0.15, -0.1) is 11.3 Å². The molecule has 0 spiro atoms. The van der Waals surface area contributed by atoms with Crippen molar-refractivity contribution in [1.29, 1.82) is 0 Å². The van der Waals surface area contributed by atoms with Gasteiger partial charge in [-0.1, -0.05) is 151 Å². The van der Waals surface area contributed by atoms with Crippen LogP contribution in [0.15, 0.2) is 180 Å². The van der Waals surface area contributed by atoms with Crippen molar-refractivity contribution in [3.05, 3.63) is 176 Å². The van der Waals surface area contributed by atoms with Crippen molar-refractivity contribution in [2.75, 3.05) is 0 Å². The molecule has 252 valence electrons. The van der Waals surface area contributed by atoms with Gasteiger partial charge in [0.1, 0.15) is 11.2 Å². The third-order valence-corrected chi connectivity index (χ3v) is 10.8. The minimum absolute atomic E-state index is 0.000505. The van der Waals surface area contributed by atoms with Gasteiger partial charge in [-0.05, 0) is 46.3 Å². The third kappa shape index (κ3) is 5.01. The topological polar surface area (TPSA) is 51.8 Å². The average Bonchev–Trinajstić information content (AvgIpc) is 3.90. The highest BCUT2D eigenvalue weighted by Crippen LogP contribution is 2.42. The normalized spacial score (nSPS) is 14.0. The largest absolute Gasteiger partial charge is 0.455 e. The van der Waals surface area contributed by atoms with Gasteiger partial charge in [0.15, 0.2) is 17.5 Å². The summed E-state index contributed by atoms with van der Waals surface area (Å²) in [5.74, 6) is 1.24. The first kappa shape index (κ1) is 22.9. The number of para-hydroxylation sites is 1. The maximum Gasteiger partial charge on any atom is 0.164 e. The van der Waals surface area contributed by atoms with Crippen LogP contribution < -0.4 is 0 Å². The van der Waals surface area contributed by atoms with E-state index in [1.807, 2.05) is 60.7 Å². The van der Waals surface area contributed by atoms with E-state index < -0.39 is 48.3 Å². The molecule has 11 aromatic rings. The van der Waals surface area contributed by atoms with Gasteiger partial charge in [0.25, 0.3) is 0 Å². The van der Waals surface area contributed by atoms with Crippen LogP contribution in [0, 0.1) is 0 Å². The molecular formula is C49H29N3OS. The zero-order chi connectivity index (χ0) is 43.4. The molecule has 0 fully saturated rings. The molecule has 3 heterocycles. The average molecular weight is 717 g/mol. The van der Waals surface area contributed by atoms with Crippen LogP contribution in [-0.4, -0.2) is 15.0 Å². The van der Waals surface area contributed by atoms with Crippen LogP contribution >= 0.6 is 11.3 Å². The molecule has 0 saturated carbocycles. The number of hydrogen-bond acceptors (Lipinski definition) is 5. The van der Waals surface area contributed by atoms with Gasteiger partial charge in [0, 0.05) is 58.6 Å². The number of fused-ring (bicyclic) bond motifs is 8. The Morgan fingerprint density at radius 1 is 0.426 bits per heavy atom. The van der Waals surface area contributed by atoms with Crippen molar-refractivity contribution in [3.8, 4) is 56.4 Å². The Balaban J connectivity index is 1.11. The summed E-state index contributed by atoms with van der Waals surface area (Å²) in [4.78, 5) is 14.9. The van der Waals surface area contributed by atoms with Crippen LogP contribution in [0.1, 0.15) is 12.3 Å². The predicted molar refractivity (Wildman–Crippen MR) is 225 cm³/mol. The molecule has 54 heavy (non-hydrogen) atoms. The molecule has 0 bridgehead atoms. The van der Waals surface area contributed by atoms with Crippen molar-refractivity contribution in [2.45, 2.75) is 0 Å². The SMILES string of the molecule is [2H]c1c([2H])c([2H])c2c(oc3c4c([2H])c([2H])c([2H])c([2H])c4c([2H])c([2H])c32)c1-c1cccc(-c2nc(-c3ccccc3)nc(-c3ccc4c(c3)sc3cccc(-c5ccccc5)c34)n2)c1. The van der Waals surface area contributed by atoms with Crippen molar-refractivity contribution in [1.82, 2.24) is 15.0 Å². The molecule has 0 aliphatic heterocycles. The molecule has 0 saturated heterocycles. The van der Waals surface area contributed by atoms with Crippen LogP contribution in [0.25, 0.3) is 109 Å². The van der Waals surface area contributed by atoms with Gasteiger partial charge in [0.05, 0.1) is 12.3 Å². The minimum Gasteiger partial charge on any atom is -0.455 e. The van der Waals surface area contributed by atoms with Gasteiger partial charge in [0.2, 0.25) is 0 Å². The molecule has 0 amide bonds. The molecule has 3 aromatic heterocycles. The van der Waals surface area contributed by atoms with Crippen LogP contribution in [0.5, 0.6) is 0 Å². The van der Waals surface area contributed by atoms with E-state index in [0.29, 0.717) is 28.6 Å². The zero-order valence-electron chi connectivity index (χ0n) is 37.2. The summed E-state index contributed by atoms with van der Waals surface area (Å²) in [5.41, 5.74) is 4.84. The summed E-state index contributed by atoms with van der Waals surface area (Å²) >= 11 is 1.70. The smallest absolute Gasteiger partial charge is 0.164 e. The van der Waals surface area contributed by atoms with E-state index >= 15 is 0 Å². The molecule has 5 heteroatoms. The van der Waals surface area contributed by atoms with Crippen LogP contribution in [0.4, 0.5) is 0 Å². The second-order valence-corrected chi connectivity index (χ2v) is 14.0. The van der Waals surface area contributed by atoms with E-state index in [0.717, 1.165) is 32.3 Å². The first-order chi connectivity index (χ1) is 30.5. The number of rotatable bonds is 5. The Kier molecular flexibility index (Phi) is 5.22. The number of benzene rings is 8. The summed E-state index contributed by atoms with van der Waals surface area (Å²) in [6.07, 6.45) is 0. The maximum atomic E-state index is 9.15. The third-order valence-electron chi connectivity index (χ3n) is 9.65. The highest BCUT2D eigenvalue weighted by molar-refractivity contribution is 7.26. The molecule has 0 aliphatic rings. The van der Waals surface area contributed by atoms with Crippen molar-refractivity contribution < 1.29 is 16.8 Å². The van der Waals surface area contributed by atoms with Crippen LogP contribution in [0.3, 0.4) is 0 Å². The summed E-state index contributed by atoms with van der Waals surface area (Å²) in [6, 6.07) is 35.6. The summed E-state index contributed by atoms with van der Waals surface area (Å²) in [6.45, 7) is 0. The lowest BCUT2D eigenvalue weighted by molar-refractivity contribution is 0.674. The lowest BCUT2D eigenvalue weighted by Gasteiger charge is -2.10. The molecule has 4 nitrogen and oxygen atoms in total. The second-order valence-electron chi connectivity index (χ2n) is 12.9. The molecule has 0 N–H and O–H groups in total. The Hall–Kier alpha value is -6.95. The van der Waals surface area contributed by atoms with Gasteiger partial charge in [-0.2, -0.15) is 0 Å². The molecular weight excluding hydrogens is 679 g/mol. The van der Waals surface area contributed by atoms with E-state index in [9.17, 15) is 0 Å². The molecule has 11 rings (SSSR count). The summed E-state index contributed by atoms with van der Waals surface area (Å²) in [5, 5.41) is 1.98. The summed E-state index contributed by atoms with van der Waals surface area (Å²) < 4.78 is 87.4. The first-order valence-electron chi connectivity index (χ1n) is 21.8. The van der Waals surface area contributed by atoms with Crippen LogP contribution in [0.2, 0.25) is 0 Å². The lowest BCUT2D eigenvalue weighted by atomic mass is 9.99.